The minimum atomic E-state index is -4.36. The zero-order valence-electron chi connectivity index (χ0n) is 11.2. The van der Waals surface area contributed by atoms with E-state index in [0.717, 1.165) is 16.6 Å². The number of anilines is 1. The molecule has 0 radical (unpaired) electrons. The highest BCUT2D eigenvalue weighted by atomic mass is 79.9. The lowest BCUT2D eigenvalue weighted by atomic mass is 10.1. The molecular formula is C16H11BrF3NO. The number of halogens is 4. The van der Waals surface area contributed by atoms with Gasteiger partial charge in [0, 0.05) is 28.0 Å². The van der Waals surface area contributed by atoms with Crippen LogP contribution < -0.4 is 5.32 Å². The van der Waals surface area contributed by atoms with Gasteiger partial charge < -0.3 is 5.32 Å². The Kier molecular flexibility index (Phi) is 5.03. The van der Waals surface area contributed by atoms with Crippen LogP contribution in [0.4, 0.5) is 18.9 Å². The van der Waals surface area contributed by atoms with Gasteiger partial charge in [0.1, 0.15) is 0 Å². The molecule has 2 aromatic carbocycles. The monoisotopic (exact) mass is 369 g/mol. The van der Waals surface area contributed by atoms with Gasteiger partial charge in [-0.05, 0) is 48.5 Å². The molecule has 0 amide bonds. The molecule has 0 unspecified atom stereocenters. The van der Waals surface area contributed by atoms with Gasteiger partial charge in [-0.1, -0.05) is 15.9 Å². The third-order valence-corrected chi connectivity index (χ3v) is 3.35. The molecule has 0 atom stereocenters. The quantitative estimate of drug-likeness (QED) is 0.586. The van der Waals surface area contributed by atoms with E-state index in [4.69, 9.17) is 0 Å². The van der Waals surface area contributed by atoms with Crippen molar-refractivity contribution in [2.24, 2.45) is 0 Å². The highest BCUT2D eigenvalue weighted by Gasteiger charge is 2.29. The van der Waals surface area contributed by atoms with Gasteiger partial charge in [-0.25, -0.2) is 0 Å². The minimum Gasteiger partial charge on any atom is -0.362 e. The van der Waals surface area contributed by atoms with Gasteiger partial charge in [0.25, 0.3) is 0 Å². The van der Waals surface area contributed by atoms with Crippen molar-refractivity contribution >= 4 is 27.4 Å². The second kappa shape index (κ2) is 6.79. The number of allylic oxidation sites excluding steroid dienone is 1. The van der Waals surface area contributed by atoms with Gasteiger partial charge >= 0.3 is 6.18 Å². The number of rotatable bonds is 4. The van der Waals surface area contributed by atoms with Gasteiger partial charge in [0.15, 0.2) is 5.78 Å². The Labute approximate surface area is 133 Å². The summed E-state index contributed by atoms with van der Waals surface area (Å²) in [6, 6.07) is 11.4. The summed E-state index contributed by atoms with van der Waals surface area (Å²) in [5.41, 5.74) is 0.273. The van der Waals surface area contributed by atoms with Crippen LogP contribution in [0.1, 0.15) is 15.9 Å². The fraction of sp³-hybridized carbons (Fsp3) is 0.0625. The number of alkyl halides is 3. The Morgan fingerprint density at radius 1 is 1.00 bits per heavy atom. The number of benzene rings is 2. The summed E-state index contributed by atoms with van der Waals surface area (Å²) >= 11 is 3.28. The minimum absolute atomic E-state index is 0.202. The van der Waals surface area contributed by atoms with E-state index in [1.165, 1.54) is 24.4 Å². The number of carbonyl (C=O) groups is 1. The topological polar surface area (TPSA) is 29.1 Å². The smallest absolute Gasteiger partial charge is 0.362 e. The van der Waals surface area contributed by atoms with Crippen molar-refractivity contribution in [1.82, 2.24) is 0 Å². The van der Waals surface area contributed by atoms with Crippen LogP contribution >= 0.6 is 15.9 Å². The van der Waals surface area contributed by atoms with E-state index >= 15 is 0 Å². The van der Waals surface area contributed by atoms with Crippen LogP contribution in [-0.2, 0) is 6.18 Å². The first-order valence-electron chi connectivity index (χ1n) is 6.26. The Balaban J connectivity index is 1.97. The molecule has 114 valence electrons. The summed E-state index contributed by atoms with van der Waals surface area (Å²) < 4.78 is 38.1. The number of nitrogens with one attached hydrogen (secondary N) is 1. The van der Waals surface area contributed by atoms with Crippen LogP contribution in [0.5, 0.6) is 0 Å². The summed E-state index contributed by atoms with van der Waals surface area (Å²) in [6.07, 6.45) is -1.64. The van der Waals surface area contributed by atoms with Crippen molar-refractivity contribution in [3.63, 3.8) is 0 Å². The maximum Gasteiger partial charge on any atom is 0.416 e. The maximum absolute atomic E-state index is 12.4. The van der Waals surface area contributed by atoms with Crippen LogP contribution in [0.2, 0.25) is 0 Å². The Bertz CT molecular complexity index is 676. The maximum atomic E-state index is 12.4. The van der Waals surface area contributed by atoms with Crippen LogP contribution in [0.15, 0.2) is 65.3 Å². The number of ketones is 1. The molecule has 0 saturated heterocycles. The molecule has 2 aromatic rings. The molecule has 22 heavy (non-hydrogen) atoms. The molecule has 0 bridgehead atoms. The molecule has 0 aliphatic rings. The van der Waals surface area contributed by atoms with Crippen molar-refractivity contribution < 1.29 is 18.0 Å². The first kappa shape index (κ1) is 16.3. The Hall–Kier alpha value is -2.08. The van der Waals surface area contributed by atoms with E-state index in [2.05, 4.69) is 21.2 Å². The van der Waals surface area contributed by atoms with Crippen molar-refractivity contribution in [3.05, 3.63) is 76.4 Å². The van der Waals surface area contributed by atoms with Crippen LogP contribution in [0, 0.1) is 0 Å². The van der Waals surface area contributed by atoms with Gasteiger partial charge in [-0.3, -0.25) is 4.79 Å². The molecule has 0 aromatic heterocycles. The molecule has 0 fully saturated rings. The standard InChI is InChI=1S/C16H11BrF3NO/c17-13-5-1-11(2-6-13)15(22)9-10-21-14-7-3-12(4-8-14)16(18,19)20/h1-10,21H/b10-9-. The summed E-state index contributed by atoms with van der Waals surface area (Å²) in [6.45, 7) is 0. The van der Waals surface area contributed by atoms with Crippen molar-refractivity contribution in [3.8, 4) is 0 Å². The lowest BCUT2D eigenvalue weighted by Gasteiger charge is -2.07. The average molecular weight is 370 g/mol. The molecule has 6 heteroatoms. The molecule has 1 N–H and O–H groups in total. The van der Waals surface area contributed by atoms with Crippen LogP contribution in [-0.4, -0.2) is 5.78 Å². The lowest BCUT2D eigenvalue weighted by molar-refractivity contribution is -0.137. The molecule has 0 saturated carbocycles. The van der Waals surface area contributed by atoms with E-state index in [1.807, 2.05) is 0 Å². The fourth-order valence-electron chi connectivity index (χ4n) is 1.68. The molecular weight excluding hydrogens is 359 g/mol. The van der Waals surface area contributed by atoms with Crippen LogP contribution in [0.3, 0.4) is 0 Å². The summed E-state index contributed by atoms with van der Waals surface area (Å²) in [5.74, 6) is -0.202. The van der Waals surface area contributed by atoms with E-state index in [9.17, 15) is 18.0 Å². The second-order valence-corrected chi connectivity index (χ2v) is 5.34. The SMILES string of the molecule is O=C(/C=C\Nc1ccc(C(F)(F)F)cc1)c1ccc(Br)cc1. The fourth-order valence-corrected chi connectivity index (χ4v) is 1.94. The summed E-state index contributed by atoms with van der Waals surface area (Å²) in [4.78, 5) is 11.8. The molecule has 2 nitrogen and oxygen atoms in total. The second-order valence-electron chi connectivity index (χ2n) is 4.42. The zero-order valence-corrected chi connectivity index (χ0v) is 12.8. The number of hydrogen-bond donors (Lipinski definition) is 1. The molecule has 2 rings (SSSR count). The van der Waals surface area contributed by atoms with Gasteiger partial charge in [0.2, 0.25) is 0 Å². The van der Waals surface area contributed by atoms with Crippen LogP contribution in [0.25, 0.3) is 0 Å². The third kappa shape index (κ3) is 4.46. The van der Waals surface area contributed by atoms with Crippen molar-refractivity contribution in [2.75, 3.05) is 5.32 Å². The van der Waals surface area contributed by atoms with E-state index in [-0.39, 0.29) is 5.78 Å². The Morgan fingerprint density at radius 2 is 1.59 bits per heavy atom. The van der Waals surface area contributed by atoms with E-state index < -0.39 is 11.7 Å². The van der Waals surface area contributed by atoms with Gasteiger partial charge in [-0.2, -0.15) is 13.2 Å². The van der Waals surface area contributed by atoms with Gasteiger partial charge in [-0.15, -0.1) is 0 Å². The lowest BCUT2D eigenvalue weighted by Crippen LogP contribution is -2.04. The zero-order chi connectivity index (χ0) is 16.2. The third-order valence-electron chi connectivity index (χ3n) is 2.83. The van der Waals surface area contributed by atoms with Crippen molar-refractivity contribution in [2.45, 2.75) is 6.18 Å². The van der Waals surface area contributed by atoms with E-state index in [1.54, 1.807) is 24.3 Å². The van der Waals surface area contributed by atoms with Crippen molar-refractivity contribution in [1.29, 1.82) is 0 Å². The molecule has 0 spiro atoms. The van der Waals surface area contributed by atoms with Gasteiger partial charge in [0.05, 0.1) is 5.56 Å². The molecule has 0 aliphatic heterocycles. The number of carbonyl (C=O) groups excluding carboxylic acids is 1. The average Bonchev–Trinajstić information content (AvgIpc) is 2.47. The highest BCUT2D eigenvalue weighted by Crippen LogP contribution is 2.29. The predicted molar refractivity (Wildman–Crippen MR) is 82.7 cm³/mol. The first-order chi connectivity index (χ1) is 10.4. The highest BCUT2D eigenvalue weighted by molar-refractivity contribution is 9.10. The predicted octanol–water partition coefficient (Wildman–Crippen LogP) is 5.28. The summed E-state index contributed by atoms with van der Waals surface area (Å²) in [7, 11) is 0. The number of hydrogen-bond acceptors (Lipinski definition) is 2. The summed E-state index contributed by atoms with van der Waals surface area (Å²) in [5, 5.41) is 2.76. The molecule has 0 aliphatic carbocycles. The first-order valence-corrected chi connectivity index (χ1v) is 7.06. The normalized spacial score (nSPS) is 11.6. The Morgan fingerprint density at radius 3 is 2.14 bits per heavy atom. The van der Waals surface area contributed by atoms with E-state index in [0.29, 0.717) is 11.3 Å². The molecule has 0 heterocycles. The largest absolute Gasteiger partial charge is 0.416 e.